The molecule has 0 amide bonds. The van der Waals surface area contributed by atoms with E-state index in [4.69, 9.17) is 0 Å². The topological polar surface area (TPSA) is 0 Å². The van der Waals surface area contributed by atoms with Crippen molar-refractivity contribution in [3.63, 3.8) is 0 Å². The zero-order valence-corrected chi connectivity index (χ0v) is 9.49. The van der Waals surface area contributed by atoms with E-state index in [1.807, 2.05) is 11.8 Å². The summed E-state index contributed by atoms with van der Waals surface area (Å²) in [5.74, 6) is 0. The van der Waals surface area contributed by atoms with Gasteiger partial charge < -0.3 is 0 Å². The molecule has 0 aliphatic carbocycles. The van der Waals surface area contributed by atoms with Crippen LogP contribution in [0.5, 0.6) is 0 Å². The Hall–Kier alpha value is 0.0900. The van der Waals surface area contributed by atoms with E-state index in [1.165, 1.54) is 32.1 Å². The zero-order chi connectivity index (χ0) is 9.23. The molecule has 0 saturated heterocycles. The Labute approximate surface area is 81.8 Å². The average Bonchev–Trinajstić information content (AvgIpc) is 2.10. The normalized spacial score (nSPS) is 13.9. The van der Waals surface area contributed by atoms with Crippen LogP contribution in [0.15, 0.2) is 12.2 Å². The summed E-state index contributed by atoms with van der Waals surface area (Å²) in [5.41, 5.74) is 0. The van der Waals surface area contributed by atoms with Crippen molar-refractivity contribution < 1.29 is 0 Å². The van der Waals surface area contributed by atoms with E-state index in [-0.39, 0.29) is 0 Å². The summed E-state index contributed by atoms with van der Waals surface area (Å²) in [4.78, 5) is 0. The van der Waals surface area contributed by atoms with Gasteiger partial charge in [0.2, 0.25) is 0 Å². The molecule has 1 atom stereocenters. The summed E-state index contributed by atoms with van der Waals surface area (Å²) in [6, 6.07) is 0. The fraction of sp³-hybridized carbons (Fsp3) is 0.818. The number of rotatable bonds is 7. The lowest BCUT2D eigenvalue weighted by Crippen LogP contribution is -1.93. The molecule has 0 nitrogen and oxygen atoms in total. The Morgan fingerprint density at radius 2 is 2.00 bits per heavy atom. The van der Waals surface area contributed by atoms with Crippen LogP contribution in [0.4, 0.5) is 0 Å². The van der Waals surface area contributed by atoms with Crippen molar-refractivity contribution in [2.24, 2.45) is 0 Å². The van der Waals surface area contributed by atoms with Gasteiger partial charge in [0.25, 0.3) is 0 Å². The number of hydrogen-bond acceptors (Lipinski definition) is 1. The molecule has 0 spiro atoms. The maximum absolute atomic E-state index is 2.32. The summed E-state index contributed by atoms with van der Waals surface area (Å²) in [5, 5.41) is 0.853. The van der Waals surface area contributed by atoms with Crippen LogP contribution in [-0.4, -0.2) is 11.5 Å². The lowest BCUT2D eigenvalue weighted by molar-refractivity contribution is 0.644. The Morgan fingerprint density at radius 1 is 1.25 bits per heavy atom. The molecular formula is C11H22S. The summed E-state index contributed by atoms with van der Waals surface area (Å²) in [6.45, 7) is 4.41. The van der Waals surface area contributed by atoms with Crippen molar-refractivity contribution in [2.75, 3.05) is 6.26 Å². The molecule has 12 heavy (non-hydrogen) atoms. The van der Waals surface area contributed by atoms with Gasteiger partial charge in [-0.05, 0) is 32.4 Å². The minimum absolute atomic E-state index is 0.853. The van der Waals surface area contributed by atoms with E-state index in [9.17, 15) is 0 Å². The molecular weight excluding hydrogens is 164 g/mol. The van der Waals surface area contributed by atoms with Gasteiger partial charge in [0.05, 0.1) is 0 Å². The van der Waals surface area contributed by atoms with Crippen LogP contribution < -0.4 is 0 Å². The number of thioether (sulfide) groups is 1. The highest BCUT2D eigenvalue weighted by Crippen LogP contribution is 2.14. The van der Waals surface area contributed by atoms with Crippen molar-refractivity contribution in [3.05, 3.63) is 12.2 Å². The highest BCUT2D eigenvalue weighted by Gasteiger charge is 1.97. The summed E-state index contributed by atoms with van der Waals surface area (Å²) in [6.07, 6.45) is 13.4. The maximum atomic E-state index is 2.32. The first kappa shape index (κ1) is 12.1. The van der Waals surface area contributed by atoms with Gasteiger partial charge in [0.15, 0.2) is 0 Å². The van der Waals surface area contributed by atoms with E-state index < -0.39 is 0 Å². The third-order valence-corrected chi connectivity index (χ3v) is 3.16. The zero-order valence-electron chi connectivity index (χ0n) is 8.68. The van der Waals surface area contributed by atoms with E-state index in [0.717, 1.165) is 5.25 Å². The first-order valence-electron chi connectivity index (χ1n) is 4.95. The van der Waals surface area contributed by atoms with Gasteiger partial charge in [0, 0.05) is 5.25 Å². The van der Waals surface area contributed by atoms with Gasteiger partial charge in [-0.2, -0.15) is 11.8 Å². The Morgan fingerprint density at radius 3 is 2.58 bits per heavy atom. The smallest absolute Gasteiger partial charge is 0.00159 e. The third kappa shape index (κ3) is 8.19. The minimum Gasteiger partial charge on any atom is -0.162 e. The molecule has 0 aromatic rings. The van der Waals surface area contributed by atoms with Crippen LogP contribution in [0.25, 0.3) is 0 Å². The van der Waals surface area contributed by atoms with E-state index in [1.54, 1.807) is 0 Å². The van der Waals surface area contributed by atoms with Gasteiger partial charge in [-0.25, -0.2) is 0 Å². The molecule has 1 heteroatoms. The van der Waals surface area contributed by atoms with Crippen LogP contribution in [0, 0.1) is 0 Å². The second-order valence-electron chi connectivity index (χ2n) is 3.25. The summed E-state index contributed by atoms with van der Waals surface area (Å²) in [7, 11) is 0. The maximum Gasteiger partial charge on any atom is 0.00159 e. The number of allylic oxidation sites excluding steroid dienone is 2. The van der Waals surface area contributed by atoms with Crippen molar-refractivity contribution >= 4 is 11.8 Å². The molecule has 0 N–H and O–H groups in total. The van der Waals surface area contributed by atoms with Crippen molar-refractivity contribution in [1.29, 1.82) is 0 Å². The highest BCUT2D eigenvalue weighted by molar-refractivity contribution is 7.99. The molecule has 0 bridgehead atoms. The van der Waals surface area contributed by atoms with Gasteiger partial charge in [-0.15, -0.1) is 0 Å². The van der Waals surface area contributed by atoms with Gasteiger partial charge >= 0.3 is 0 Å². The average molecular weight is 186 g/mol. The fourth-order valence-electron chi connectivity index (χ4n) is 1.16. The summed E-state index contributed by atoms with van der Waals surface area (Å²) >= 11 is 1.98. The molecule has 0 aliphatic rings. The van der Waals surface area contributed by atoms with Crippen molar-refractivity contribution in [2.45, 2.75) is 51.2 Å². The van der Waals surface area contributed by atoms with E-state index in [2.05, 4.69) is 32.3 Å². The standard InChI is InChI=1S/C11H22S/c1-4-5-6-7-8-9-10-11(2)12-3/h4-5,11H,6-10H2,1-3H3. The minimum atomic E-state index is 0.853. The number of hydrogen-bond donors (Lipinski definition) is 0. The van der Waals surface area contributed by atoms with E-state index in [0.29, 0.717) is 0 Å². The second-order valence-corrected chi connectivity index (χ2v) is 4.53. The van der Waals surface area contributed by atoms with Gasteiger partial charge in [-0.1, -0.05) is 31.9 Å². The number of unbranched alkanes of at least 4 members (excludes halogenated alkanes) is 3. The molecule has 0 saturated carbocycles. The predicted molar refractivity (Wildman–Crippen MR) is 60.9 cm³/mol. The van der Waals surface area contributed by atoms with E-state index >= 15 is 0 Å². The Bertz CT molecular complexity index is 108. The molecule has 0 aliphatic heterocycles. The molecule has 72 valence electrons. The SMILES string of the molecule is CC=CCCCCCC(C)SC. The fourth-order valence-corrected chi connectivity index (χ4v) is 1.56. The van der Waals surface area contributed by atoms with Crippen LogP contribution in [0.1, 0.15) is 46.0 Å². The molecule has 0 heterocycles. The predicted octanol–water partition coefficient (Wildman–Crippen LogP) is 4.26. The van der Waals surface area contributed by atoms with Crippen LogP contribution in [0.2, 0.25) is 0 Å². The summed E-state index contributed by atoms with van der Waals surface area (Å²) < 4.78 is 0. The molecule has 0 radical (unpaired) electrons. The first-order valence-corrected chi connectivity index (χ1v) is 6.24. The quantitative estimate of drug-likeness (QED) is 0.423. The highest BCUT2D eigenvalue weighted by atomic mass is 32.2. The monoisotopic (exact) mass is 186 g/mol. The first-order chi connectivity index (χ1) is 5.81. The molecule has 0 aromatic heterocycles. The molecule has 0 aromatic carbocycles. The van der Waals surface area contributed by atoms with Crippen molar-refractivity contribution in [3.8, 4) is 0 Å². The lowest BCUT2D eigenvalue weighted by Gasteiger charge is -2.06. The lowest BCUT2D eigenvalue weighted by atomic mass is 10.1. The van der Waals surface area contributed by atoms with Gasteiger partial charge in [-0.3, -0.25) is 0 Å². The second kappa shape index (κ2) is 9.18. The Balaban J connectivity index is 3.00. The largest absolute Gasteiger partial charge is 0.162 e. The molecule has 0 rings (SSSR count). The van der Waals surface area contributed by atoms with Gasteiger partial charge in [0.1, 0.15) is 0 Å². The molecule has 0 fully saturated rings. The molecule has 1 unspecified atom stereocenters. The van der Waals surface area contributed by atoms with Crippen LogP contribution >= 0.6 is 11.8 Å². The van der Waals surface area contributed by atoms with Crippen LogP contribution in [0.3, 0.4) is 0 Å². The van der Waals surface area contributed by atoms with Crippen LogP contribution in [-0.2, 0) is 0 Å². The Kier molecular flexibility index (Phi) is 9.25. The van der Waals surface area contributed by atoms with Crippen molar-refractivity contribution in [1.82, 2.24) is 0 Å². The third-order valence-electron chi connectivity index (χ3n) is 2.12.